The monoisotopic (exact) mass is 271 g/mol. The zero-order chi connectivity index (χ0) is 14.8. The molecule has 3 heteroatoms. The Morgan fingerprint density at radius 3 is 2.30 bits per heavy atom. The molecule has 2 aromatic rings. The fraction of sp³-hybridized carbons (Fsp3) is 0.471. The van der Waals surface area contributed by atoms with Crippen LogP contribution < -0.4 is 0 Å². The summed E-state index contributed by atoms with van der Waals surface area (Å²) >= 11 is 0. The van der Waals surface area contributed by atoms with Gasteiger partial charge in [-0.2, -0.15) is 0 Å². The minimum atomic E-state index is 0.972. The van der Waals surface area contributed by atoms with Gasteiger partial charge in [0.2, 0.25) is 0 Å². The summed E-state index contributed by atoms with van der Waals surface area (Å²) < 4.78 is 0. The molecule has 0 N–H and O–H groups in total. The summed E-state index contributed by atoms with van der Waals surface area (Å²) in [5.41, 5.74) is 4.47. The van der Waals surface area contributed by atoms with Gasteiger partial charge in [0.1, 0.15) is 0 Å². The van der Waals surface area contributed by atoms with Crippen molar-refractivity contribution in [1.29, 1.82) is 0 Å². The zero-order valence-corrected chi connectivity index (χ0v) is 13.1. The van der Waals surface area contributed by atoms with Gasteiger partial charge in [-0.3, -0.25) is 15.0 Å². The first-order valence-electron chi connectivity index (χ1n) is 7.42. The normalized spacial score (nSPS) is 9.80. The summed E-state index contributed by atoms with van der Waals surface area (Å²) in [4.78, 5) is 12.9. The van der Waals surface area contributed by atoms with Crippen LogP contribution in [0.15, 0.2) is 30.6 Å². The topological polar surface area (TPSA) is 38.7 Å². The Bertz CT molecular complexity index is 495. The number of aromatic nitrogens is 3. The van der Waals surface area contributed by atoms with E-state index in [4.69, 9.17) is 0 Å². The van der Waals surface area contributed by atoms with Crippen LogP contribution in [-0.2, 0) is 19.3 Å². The van der Waals surface area contributed by atoms with Gasteiger partial charge in [0, 0.05) is 18.1 Å². The molecule has 0 saturated carbocycles. The van der Waals surface area contributed by atoms with Crippen LogP contribution in [0.25, 0.3) is 0 Å². The quantitative estimate of drug-likeness (QED) is 0.845. The summed E-state index contributed by atoms with van der Waals surface area (Å²) in [6, 6.07) is 6.03. The summed E-state index contributed by atoms with van der Waals surface area (Å²) in [6.07, 6.45) is 7.92. The Labute approximate surface area is 122 Å². The lowest BCUT2D eigenvalue weighted by Crippen LogP contribution is -1.99. The average molecular weight is 271 g/mol. The lowest BCUT2D eigenvalue weighted by molar-refractivity contribution is 0.883. The van der Waals surface area contributed by atoms with E-state index in [-0.39, 0.29) is 0 Å². The molecule has 0 aliphatic heterocycles. The molecule has 2 rings (SSSR count). The molecule has 0 aromatic carbocycles. The molecule has 0 aliphatic carbocycles. The molecule has 0 aliphatic rings. The van der Waals surface area contributed by atoms with Crippen LogP contribution in [-0.4, -0.2) is 15.0 Å². The summed E-state index contributed by atoms with van der Waals surface area (Å²) in [6.45, 7) is 8.37. The molecule has 20 heavy (non-hydrogen) atoms. The van der Waals surface area contributed by atoms with Crippen molar-refractivity contribution in [2.75, 3.05) is 0 Å². The maximum absolute atomic E-state index is 4.45. The molecular weight excluding hydrogens is 246 g/mol. The second kappa shape index (κ2) is 9.18. The van der Waals surface area contributed by atoms with Crippen LogP contribution >= 0.6 is 0 Å². The number of rotatable bonds is 4. The zero-order valence-electron chi connectivity index (χ0n) is 13.1. The fourth-order valence-corrected chi connectivity index (χ4v) is 1.84. The van der Waals surface area contributed by atoms with Gasteiger partial charge in [0.05, 0.1) is 17.1 Å². The lowest BCUT2D eigenvalue weighted by Gasteiger charge is -2.02. The van der Waals surface area contributed by atoms with Crippen molar-refractivity contribution >= 4 is 0 Å². The summed E-state index contributed by atoms with van der Waals surface area (Å²) in [5.74, 6) is 0. The third-order valence-electron chi connectivity index (χ3n) is 3.03. The molecular formula is C17H25N3. The Morgan fingerprint density at radius 2 is 1.75 bits per heavy atom. The van der Waals surface area contributed by atoms with Crippen molar-refractivity contribution < 1.29 is 0 Å². The number of pyridine rings is 1. The van der Waals surface area contributed by atoms with Gasteiger partial charge in [-0.25, -0.2) is 0 Å². The predicted molar refractivity (Wildman–Crippen MR) is 83.8 cm³/mol. The van der Waals surface area contributed by atoms with Crippen LogP contribution in [0.3, 0.4) is 0 Å². The Morgan fingerprint density at radius 1 is 0.950 bits per heavy atom. The van der Waals surface area contributed by atoms with Gasteiger partial charge in [0.15, 0.2) is 0 Å². The van der Waals surface area contributed by atoms with E-state index < -0.39 is 0 Å². The average Bonchev–Trinajstić information content (AvgIpc) is 2.50. The third kappa shape index (κ3) is 5.47. The van der Waals surface area contributed by atoms with Crippen LogP contribution in [0.2, 0.25) is 0 Å². The molecule has 108 valence electrons. The molecule has 2 heterocycles. The number of aryl methyl sites for hydroxylation is 4. The van der Waals surface area contributed by atoms with Crippen LogP contribution in [0, 0.1) is 6.92 Å². The van der Waals surface area contributed by atoms with E-state index in [1.165, 1.54) is 12.1 Å². The van der Waals surface area contributed by atoms with E-state index >= 15 is 0 Å². The fourth-order valence-electron chi connectivity index (χ4n) is 1.84. The second-order valence-corrected chi connectivity index (χ2v) is 4.67. The van der Waals surface area contributed by atoms with Crippen LogP contribution in [0.5, 0.6) is 0 Å². The summed E-state index contributed by atoms with van der Waals surface area (Å²) in [5, 5.41) is 0. The van der Waals surface area contributed by atoms with Gasteiger partial charge >= 0.3 is 0 Å². The molecule has 0 saturated heterocycles. The first-order valence-corrected chi connectivity index (χ1v) is 7.42. The van der Waals surface area contributed by atoms with Crippen LogP contribution in [0.1, 0.15) is 50.0 Å². The molecule has 0 spiro atoms. The van der Waals surface area contributed by atoms with Crippen molar-refractivity contribution in [3.05, 3.63) is 53.4 Å². The van der Waals surface area contributed by atoms with Crippen molar-refractivity contribution in [3.63, 3.8) is 0 Å². The molecule has 0 unspecified atom stereocenters. The molecule has 2 aromatic heterocycles. The smallest absolute Gasteiger partial charge is 0.0616 e. The van der Waals surface area contributed by atoms with Gasteiger partial charge in [-0.05, 0) is 38.3 Å². The second-order valence-electron chi connectivity index (χ2n) is 4.67. The van der Waals surface area contributed by atoms with E-state index in [1.807, 2.05) is 31.5 Å². The Hall–Kier alpha value is -1.77. The van der Waals surface area contributed by atoms with E-state index in [9.17, 15) is 0 Å². The third-order valence-corrected chi connectivity index (χ3v) is 3.03. The van der Waals surface area contributed by atoms with Crippen molar-refractivity contribution in [2.45, 2.75) is 53.4 Å². The number of hydrogen-bond acceptors (Lipinski definition) is 3. The van der Waals surface area contributed by atoms with Crippen LogP contribution in [0.4, 0.5) is 0 Å². The van der Waals surface area contributed by atoms with Crippen molar-refractivity contribution in [1.82, 2.24) is 15.0 Å². The maximum Gasteiger partial charge on any atom is 0.0616 e. The highest BCUT2D eigenvalue weighted by Gasteiger charge is 1.99. The Kier molecular flexibility index (Phi) is 7.48. The minimum Gasteiger partial charge on any atom is -0.261 e. The highest BCUT2D eigenvalue weighted by atomic mass is 14.8. The predicted octanol–water partition coefficient (Wildman–Crippen LogP) is 3.94. The van der Waals surface area contributed by atoms with Crippen molar-refractivity contribution in [2.24, 2.45) is 0 Å². The summed E-state index contributed by atoms with van der Waals surface area (Å²) in [7, 11) is 0. The lowest BCUT2D eigenvalue weighted by atomic mass is 10.2. The molecule has 0 amide bonds. The highest BCUT2D eigenvalue weighted by molar-refractivity contribution is 5.12. The first-order chi connectivity index (χ1) is 9.71. The van der Waals surface area contributed by atoms with E-state index in [1.54, 1.807) is 0 Å². The largest absolute Gasteiger partial charge is 0.261 e. The molecule has 0 fully saturated rings. The molecule has 0 atom stereocenters. The van der Waals surface area contributed by atoms with E-state index in [0.717, 1.165) is 36.3 Å². The number of hydrogen-bond donors (Lipinski definition) is 0. The van der Waals surface area contributed by atoms with Gasteiger partial charge in [0.25, 0.3) is 0 Å². The van der Waals surface area contributed by atoms with Gasteiger partial charge in [-0.1, -0.05) is 33.3 Å². The Balaban J connectivity index is 0.000000204. The van der Waals surface area contributed by atoms with Crippen molar-refractivity contribution in [3.8, 4) is 0 Å². The number of nitrogens with zero attached hydrogens (tertiary/aromatic N) is 3. The minimum absolute atomic E-state index is 0.972. The molecule has 0 radical (unpaired) electrons. The first kappa shape index (κ1) is 16.3. The standard InChI is InChI=1S/C9H14N2.C8H11N/c1-4-8-6-10-7(3)9(5-2)11-8;1-2-5-8-6-3-4-7-9-8/h6H,4-5H2,1-3H3;3-4,6-7H,2,5H2,1H3. The van der Waals surface area contributed by atoms with E-state index in [0.29, 0.717) is 0 Å². The molecule has 0 bridgehead atoms. The SMILES string of the molecule is CCCc1ccccn1.CCc1cnc(C)c(CC)n1. The highest BCUT2D eigenvalue weighted by Crippen LogP contribution is 2.03. The van der Waals surface area contributed by atoms with Gasteiger partial charge in [-0.15, -0.1) is 0 Å². The maximum atomic E-state index is 4.45. The van der Waals surface area contributed by atoms with E-state index in [2.05, 4.69) is 41.8 Å². The molecule has 3 nitrogen and oxygen atoms in total. The van der Waals surface area contributed by atoms with Gasteiger partial charge < -0.3 is 0 Å².